The van der Waals surface area contributed by atoms with E-state index in [-0.39, 0.29) is 24.0 Å². The van der Waals surface area contributed by atoms with Crippen molar-refractivity contribution in [2.75, 3.05) is 6.61 Å². The summed E-state index contributed by atoms with van der Waals surface area (Å²) in [5.74, 6) is -0.00134. The predicted octanol–water partition coefficient (Wildman–Crippen LogP) is 4.93. The van der Waals surface area contributed by atoms with Gasteiger partial charge in [-0.2, -0.15) is 10.1 Å². The van der Waals surface area contributed by atoms with Gasteiger partial charge in [0.15, 0.2) is 17.2 Å². The molecule has 6 nitrogen and oxygen atoms in total. The minimum atomic E-state index is -0.444. The van der Waals surface area contributed by atoms with E-state index in [2.05, 4.69) is 27.2 Å². The number of hydrogen-bond donors (Lipinski definition) is 0. The van der Waals surface area contributed by atoms with Crippen molar-refractivity contribution >= 4 is 16.8 Å². The smallest absolute Gasteiger partial charge is 0.215 e. The first-order valence-corrected chi connectivity index (χ1v) is 10.5. The van der Waals surface area contributed by atoms with Crippen molar-refractivity contribution in [1.82, 2.24) is 19.7 Å². The number of hydrogen-bond acceptors (Lipinski definition) is 5. The Morgan fingerprint density at radius 2 is 1.91 bits per heavy atom. The minimum absolute atomic E-state index is 0.00104. The van der Waals surface area contributed by atoms with E-state index in [1.165, 1.54) is 23.9 Å². The number of Topliss-reactive ketones (excluding diaryl/α,β-unsaturated/α-hetero) is 1. The van der Waals surface area contributed by atoms with Gasteiger partial charge < -0.3 is 4.74 Å². The van der Waals surface area contributed by atoms with E-state index in [0.29, 0.717) is 29.0 Å². The topological polar surface area (TPSA) is 69.9 Å². The lowest BCUT2D eigenvalue weighted by molar-refractivity contribution is -0.121. The third-order valence-electron chi connectivity index (χ3n) is 5.51. The normalized spacial score (nSPS) is 12.2. The zero-order valence-corrected chi connectivity index (χ0v) is 18.6. The molecule has 4 rings (SSSR count). The maximum Gasteiger partial charge on any atom is 0.215 e. The number of carbonyl (C=O) groups is 1. The Kier molecular flexibility index (Phi) is 5.99. The van der Waals surface area contributed by atoms with Crippen LogP contribution in [-0.4, -0.2) is 32.1 Å². The van der Waals surface area contributed by atoms with Crippen molar-refractivity contribution in [3.05, 3.63) is 71.2 Å². The van der Waals surface area contributed by atoms with Gasteiger partial charge in [0.05, 0.1) is 5.39 Å². The van der Waals surface area contributed by atoms with Gasteiger partial charge in [-0.05, 0) is 43.0 Å². The minimum Gasteiger partial charge on any atom is -0.470 e. The molecule has 3 heterocycles. The van der Waals surface area contributed by atoms with Gasteiger partial charge in [0.1, 0.15) is 18.0 Å². The number of ketones is 1. The van der Waals surface area contributed by atoms with Crippen LogP contribution in [0.1, 0.15) is 36.0 Å². The number of aromatic nitrogens is 4. The molecule has 0 aliphatic heterocycles. The number of fused-ring (bicyclic) bond motifs is 1. The fourth-order valence-electron chi connectivity index (χ4n) is 3.77. The number of aryl methyl sites for hydroxylation is 3. The highest BCUT2D eigenvalue weighted by atomic mass is 19.1. The molecule has 0 saturated heterocycles. The van der Waals surface area contributed by atoms with Gasteiger partial charge in [-0.1, -0.05) is 36.8 Å². The summed E-state index contributed by atoms with van der Waals surface area (Å²) >= 11 is 0. The maximum absolute atomic E-state index is 14.3. The first kappa shape index (κ1) is 21.6. The largest absolute Gasteiger partial charge is 0.470 e. The number of nitrogens with zero attached hydrogens (tertiary/aromatic N) is 4. The molecule has 0 aliphatic rings. The molecule has 0 aliphatic carbocycles. The molecule has 4 aromatic rings. The second kappa shape index (κ2) is 8.86. The van der Waals surface area contributed by atoms with E-state index < -0.39 is 5.82 Å². The molecule has 0 saturated carbocycles. The SMILES string of the molecule is Cc1ccc([C@H](C)CC(=O)COc2cc(C)c3c(-c4ncccc4F)nn(C)c3n2)cc1. The lowest BCUT2D eigenvalue weighted by Crippen LogP contribution is -2.14. The molecular formula is C25H25FN4O2. The zero-order valence-electron chi connectivity index (χ0n) is 18.6. The van der Waals surface area contributed by atoms with Gasteiger partial charge in [0.2, 0.25) is 5.88 Å². The number of benzene rings is 1. The predicted molar refractivity (Wildman–Crippen MR) is 121 cm³/mol. The molecule has 0 N–H and O–H groups in total. The molecular weight excluding hydrogens is 407 g/mol. The summed E-state index contributed by atoms with van der Waals surface area (Å²) in [4.78, 5) is 21.1. The van der Waals surface area contributed by atoms with Crippen molar-refractivity contribution in [1.29, 1.82) is 0 Å². The average molecular weight is 432 g/mol. The number of halogens is 1. The van der Waals surface area contributed by atoms with Crippen LogP contribution in [0.5, 0.6) is 5.88 Å². The molecule has 0 unspecified atom stereocenters. The third kappa shape index (κ3) is 4.37. The summed E-state index contributed by atoms with van der Waals surface area (Å²) in [6.45, 7) is 5.89. The van der Waals surface area contributed by atoms with Crippen molar-refractivity contribution in [3.63, 3.8) is 0 Å². The lowest BCUT2D eigenvalue weighted by atomic mass is 9.95. The molecule has 0 amide bonds. The van der Waals surface area contributed by atoms with Gasteiger partial charge in [0.25, 0.3) is 0 Å². The van der Waals surface area contributed by atoms with Crippen molar-refractivity contribution in [2.24, 2.45) is 7.05 Å². The summed E-state index contributed by atoms with van der Waals surface area (Å²) in [6, 6.07) is 12.8. The Hall–Kier alpha value is -3.61. The van der Waals surface area contributed by atoms with Crippen LogP contribution in [-0.2, 0) is 11.8 Å². The van der Waals surface area contributed by atoms with E-state index in [0.717, 1.165) is 11.1 Å². The molecule has 0 radical (unpaired) electrons. The van der Waals surface area contributed by atoms with Crippen LogP contribution in [0.3, 0.4) is 0 Å². The average Bonchev–Trinajstić information content (AvgIpc) is 3.10. The molecule has 164 valence electrons. The first-order chi connectivity index (χ1) is 15.3. The van der Waals surface area contributed by atoms with Crippen LogP contribution in [0.2, 0.25) is 0 Å². The van der Waals surface area contributed by atoms with Crippen LogP contribution in [0, 0.1) is 19.7 Å². The standard InChI is InChI=1S/C25H25FN4O2/c1-15-7-9-18(10-8-15)16(2)12-19(31)14-32-21-13-17(3)22-24(29-30(4)25(22)28-21)23-20(26)6-5-11-27-23/h5-11,13,16H,12,14H2,1-4H3/t16-/m1/s1. The Morgan fingerprint density at radius 1 is 1.16 bits per heavy atom. The number of rotatable bonds is 7. The Bertz CT molecular complexity index is 1280. The molecule has 0 fully saturated rings. The number of ether oxygens (including phenoxy) is 1. The summed E-state index contributed by atoms with van der Waals surface area (Å²) in [7, 11) is 1.73. The maximum atomic E-state index is 14.3. The summed E-state index contributed by atoms with van der Waals surface area (Å²) in [5.41, 5.74) is 4.29. The van der Waals surface area contributed by atoms with Crippen LogP contribution in [0.25, 0.3) is 22.4 Å². The van der Waals surface area contributed by atoms with E-state index in [1.54, 1.807) is 17.8 Å². The van der Waals surface area contributed by atoms with Gasteiger partial charge in [0, 0.05) is 25.7 Å². The fraction of sp³-hybridized carbons (Fsp3) is 0.280. The lowest BCUT2D eigenvalue weighted by Gasteiger charge is -2.12. The molecule has 0 bridgehead atoms. The number of carbonyl (C=O) groups excluding carboxylic acids is 1. The molecule has 1 aromatic carbocycles. The molecule has 3 aromatic heterocycles. The van der Waals surface area contributed by atoms with E-state index >= 15 is 0 Å². The van der Waals surface area contributed by atoms with Crippen LogP contribution >= 0.6 is 0 Å². The highest BCUT2D eigenvalue weighted by Gasteiger charge is 2.20. The Labute approximate surface area is 186 Å². The van der Waals surface area contributed by atoms with E-state index in [1.807, 2.05) is 32.9 Å². The quantitative estimate of drug-likeness (QED) is 0.414. The van der Waals surface area contributed by atoms with Crippen molar-refractivity contribution < 1.29 is 13.9 Å². The first-order valence-electron chi connectivity index (χ1n) is 10.5. The molecule has 7 heteroatoms. The van der Waals surface area contributed by atoms with Crippen LogP contribution in [0.4, 0.5) is 4.39 Å². The molecule has 0 spiro atoms. The van der Waals surface area contributed by atoms with Gasteiger partial charge in [-0.15, -0.1) is 0 Å². The van der Waals surface area contributed by atoms with Crippen molar-refractivity contribution in [2.45, 2.75) is 33.1 Å². The second-order valence-electron chi connectivity index (χ2n) is 8.13. The number of pyridine rings is 2. The van der Waals surface area contributed by atoms with E-state index in [4.69, 9.17) is 4.74 Å². The van der Waals surface area contributed by atoms with Gasteiger partial charge in [-0.3, -0.25) is 9.78 Å². The summed E-state index contributed by atoms with van der Waals surface area (Å²) < 4.78 is 21.6. The van der Waals surface area contributed by atoms with Crippen LogP contribution in [0.15, 0.2) is 48.7 Å². The van der Waals surface area contributed by atoms with Crippen molar-refractivity contribution in [3.8, 4) is 17.3 Å². The Morgan fingerprint density at radius 3 is 2.62 bits per heavy atom. The Balaban J connectivity index is 1.51. The zero-order chi connectivity index (χ0) is 22.8. The highest BCUT2D eigenvalue weighted by Crippen LogP contribution is 2.31. The monoisotopic (exact) mass is 432 g/mol. The highest BCUT2D eigenvalue weighted by molar-refractivity contribution is 5.93. The molecule has 1 atom stereocenters. The summed E-state index contributed by atoms with van der Waals surface area (Å²) in [6.07, 6.45) is 1.92. The van der Waals surface area contributed by atoms with Gasteiger partial charge >= 0.3 is 0 Å². The third-order valence-corrected chi connectivity index (χ3v) is 5.51. The van der Waals surface area contributed by atoms with E-state index in [9.17, 15) is 9.18 Å². The van der Waals surface area contributed by atoms with Gasteiger partial charge in [-0.25, -0.2) is 9.07 Å². The van der Waals surface area contributed by atoms with Crippen LogP contribution < -0.4 is 4.74 Å². The fourth-order valence-corrected chi connectivity index (χ4v) is 3.77. The summed E-state index contributed by atoms with van der Waals surface area (Å²) in [5, 5.41) is 5.13. The molecule has 32 heavy (non-hydrogen) atoms. The second-order valence-corrected chi connectivity index (χ2v) is 8.13.